The Morgan fingerprint density at radius 3 is 2.71 bits per heavy atom. The quantitative estimate of drug-likeness (QED) is 0.677. The van der Waals surface area contributed by atoms with Gasteiger partial charge in [0.15, 0.2) is 0 Å². The van der Waals surface area contributed by atoms with E-state index in [1.54, 1.807) is 0 Å². The van der Waals surface area contributed by atoms with Crippen LogP contribution in [0.25, 0.3) is 0 Å². The van der Waals surface area contributed by atoms with Gasteiger partial charge in [-0.2, -0.15) is 4.39 Å². The second-order valence-electron chi connectivity index (χ2n) is 6.49. The zero-order valence-electron chi connectivity index (χ0n) is 12.3. The van der Waals surface area contributed by atoms with Crippen LogP contribution in [0.15, 0.2) is 12.1 Å². The van der Waals surface area contributed by atoms with Gasteiger partial charge >= 0.3 is 5.69 Å². The molecule has 6 heteroatoms. The van der Waals surface area contributed by atoms with Crippen molar-refractivity contribution in [2.75, 3.05) is 0 Å². The smallest absolute Gasteiger partial charge is 0.305 e. The van der Waals surface area contributed by atoms with Crippen LogP contribution in [0.2, 0.25) is 0 Å². The minimum Gasteiger partial charge on any atom is -0.310 e. The normalized spacial score (nSPS) is 21.2. The van der Waals surface area contributed by atoms with E-state index in [0.717, 1.165) is 25.3 Å². The number of nitro groups is 1. The summed E-state index contributed by atoms with van der Waals surface area (Å²) < 4.78 is 27.0. The van der Waals surface area contributed by atoms with Crippen LogP contribution in [0.4, 0.5) is 14.5 Å². The fourth-order valence-electron chi connectivity index (χ4n) is 2.98. The summed E-state index contributed by atoms with van der Waals surface area (Å²) in [6.07, 6.45) is 4.27. The Kier molecular flexibility index (Phi) is 4.56. The third-order valence-electron chi connectivity index (χ3n) is 4.10. The van der Waals surface area contributed by atoms with Crippen molar-refractivity contribution in [1.29, 1.82) is 0 Å². The van der Waals surface area contributed by atoms with Gasteiger partial charge in [-0.05, 0) is 24.7 Å². The fourth-order valence-corrected chi connectivity index (χ4v) is 2.98. The minimum absolute atomic E-state index is 0.131. The summed E-state index contributed by atoms with van der Waals surface area (Å²) in [5.41, 5.74) is -0.299. The number of nitro benzene ring substituents is 1. The highest BCUT2D eigenvalue weighted by Crippen LogP contribution is 2.35. The summed E-state index contributed by atoms with van der Waals surface area (Å²) in [5, 5.41) is 13.9. The number of benzene rings is 1. The molecule has 0 aliphatic heterocycles. The van der Waals surface area contributed by atoms with Crippen LogP contribution < -0.4 is 5.32 Å². The van der Waals surface area contributed by atoms with Crippen molar-refractivity contribution in [3.05, 3.63) is 39.4 Å². The average molecular weight is 298 g/mol. The molecule has 0 amide bonds. The molecular formula is C15H20F2N2O2. The Morgan fingerprint density at radius 1 is 1.38 bits per heavy atom. The Hall–Kier alpha value is -1.56. The lowest BCUT2D eigenvalue weighted by Gasteiger charge is -2.35. The molecule has 1 unspecified atom stereocenters. The van der Waals surface area contributed by atoms with Crippen LogP contribution in [-0.2, 0) is 6.54 Å². The van der Waals surface area contributed by atoms with Crippen LogP contribution in [0, 0.1) is 27.2 Å². The van der Waals surface area contributed by atoms with Crippen LogP contribution in [0.1, 0.15) is 45.1 Å². The van der Waals surface area contributed by atoms with E-state index in [1.807, 2.05) is 0 Å². The highest BCUT2D eigenvalue weighted by molar-refractivity contribution is 5.37. The molecule has 1 N–H and O–H groups in total. The number of hydrogen-bond acceptors (Lipinski definition) is 3. The van der Waals surface area contributed by atoms with Gasteiger partial charge in [0.1, 0.15) is 5.82 Å². The predicted octanol–water partition coefficient (Wildman–Crippen LogP) is 3.93. The van der Waals surface area contributed by atoms with E-state index in [9.17, 15) is 18.9 Å². The summed E-state index contributed by atoms with van der Waals surface area (Å²) in [6.45, 7) is 4.57. The van der Waals surface area contributed by atoms with Gasteiger partial charge in [0.2, 0.25) is 5.82 Å². The molecule has 0 radical (unpaired) electrons. The largest absolute Gasteiger partial charge is 0.310 e. The van der Waals surface area contributed by atoms with Gasteiger partial charge in [0.05, 0.1) is 4.92 Å². The van der Waals surface area contributed by atoms with Crippen molar-refractivity contribution in [2.24, 2.45) is 5.41 Å². The van der Waals surface area contributed by atoms with Gasteiger partial charge in [-0.25, -0.2) is 4.39 Å². The number of halogens is 2. The van der Waals surface area contributed by atoms with E-state index < -0.39 is 22.2 Å². The zero-order valence-corrected chi connectivity index (χ0v) is 12.3. The highest BCUT2D eigenvalue weighted by Gasteiger charge is 2.28. The average Bonchev–Trinajstić information content (AvgIpc) is 2.36. The second kappa shape index (κ2) is 6.05. The molecule has 1 atom stereocenters. The maximum absolute atomic E-state index is 13.7. The molecule has 1 saturated carbocycles. The highest BCUT2D eigenvalue weighted by atomic mass is 19.1. The van der Waals surface area contributed by atoms with Gasteiger partial charge in [0.25, 0.3) is 0 Å². The first kappa shape index (κ1) is 15.8. The van der Waals surface area contributed by atoms with Gasteiger partial charge in [-0.15, -0.1) is 0 Å². The molecule has 4 nitrogen and oxygen atoms in total. The Morgan fingerprint density at radius 2 is 2.10 bits per heavy atom. The van der Waals surface area contributed by atoms with Crippen LogP contribution >= 0.6 is 0 Å². The van der Waals surface area contributed by atoms with Crippen LogP contribution in [0.3, 0.4) is 0 Å². The molecule has 1 aliphatic carbocycles. The maximum Gasteiger partial charge on any atom is 0.305 e. The Balaban J connectivity index is 2.06. The van der Waals surface area contributed by atoms with Gasteiger partial charge in [0, 0.05) is 30.3 Å². The fraction of sp³-hybridized carbons (Fsp3) is 0.600. The lowest BCUT2D eigenvalue weighted by Crippen LogP contribution is -2.37. The molecule has 0 aromatic heterocycles. The molecule has 1 aromatic rings. The van der Waals surface area contributed by atoms with Crippen molar-refractivity contribution in [3.8, 4) is 0 Å². The Labute approximate surface area is 122 Å². The van der Waals surface area contributed by atoms with Gasteiger partial charge in [-0.3, -0.25) is 10.1 Å². The van der Waals surface area contributed by atoms with E-state index in [1.165, 1.54) is 6.42 Å². The van der Waals surface area contributed by atoms with Crippen molar-refractivity contribution >= 4 is 5.69 Å². The number of nitrogens with one attached hydrogen (secondary N) is 1. The number of nitrogens with zero attached hydrogens (tertiary/aromatic N) is 1. The summed E-state index contributed by atoms with van der Waals surface area (Å²) in [6, 6.07) is 1.82. The molecule has 2 rings (SSSR count). The zero-order chi connectivity index (χ0) is 15.6. The molecule has 1 aliphatic rings. The van der Waals surface area contributed by atoms with Gasteiger partial charge < -0.3 is 5.32 Å². The topological polar surface area (TPSA) is 55.2 Å². The molecule has 0 saturated heterocycles. The van der Waals surface area contributed by atoms with Crippen molar-refractivity contribution in [2.45, 2.75) is 52.1 Å². The van der Waals surface area contributed by atoms with E-state index in [4.69, 9.17) is 0 Å². The van der Waals surface area contributed by atoms with Gasteiger partial charge in [-0.1, -0.05) is 20.3 Å². The molecule has 0 heterocycles. The Bertz CT molecular complexity index is 547. The molecule has 116 valence electrons. The monoisotopic (exact) mass is 298 g/mol. The first-order valence-corrected chi connectivity index (χ1v) is 7.14. The first-order chi connectivity index (χ1) is 9.78. The summed E-state index contributed by atoms with van der Waals surface area (Å²) >= 11 is 0. The van der Waals surface area contributed by atoms with Crippen molar-refractivity contribution < 1.29 is 13.7 Å². The van der Waals surface area contributed by atoms with Crippen LogP contribution in [0.5, 0.6) is 0 Å². The molecule has 1 aromatic carbocycles. The maximum atomic E-state index is 13.7. The summed E-state index contributed by atoms with van der Waals surface area (Å²) in [4.78, 5) is 9.87. The third kappa shape index (κ3) is 3.97. The molecule has 21 heavy (non-hydrogen) atoms. The minimum atomic E-state index is -1.14. The molecular weight excluding hydrogens is 278 g/mol. The summed E-state index contributed by atoms with van der Waals surface area (Å²) in [7, 11) is 0. The lowest BCUT2D eigenvalue weighted by atomic mass is 9.75. The van der Waals surface area contributed by atoms with E-state index in [-0.39, 0.29) is 23.6 Å². The second-order valence-corrected chi connectivity index (χ2v) is 6.49. The van der Waals surface area contributed by atoms with E-state index >= 15 is 0 Å². The molecule has 1 fully saturated rings. The molecule has 0 bridgehead atoms. The first-order valence-electron chi connectivity index (χ1n) is 7.14. The predicted molar refractivity (Wildman–Crippen MR) is 75.9 cm³/mol. The number of hydrogen-bond donors (Lipinski definition) is 1. The molecule has 0 spiro atoms. The van der Waals surface area contributed by atoms with E-state index in [2.05, 4.69) is 19.2 Å². The lowest BCUT2D eigenvalue weighted by molar-refractivity contribution is -0.387. The summed E-state index contributed by atoms with van der Waals surface area (Å²) in [5.74, 6) is -1.89. The van der Waals surface area contributed by atoms with Crippen molar-refractivity contribution in [1.82, 2.24) is 5.32 Å². The third-order valence-corrected chi connectivity index (χ3v) is 4.10. The van der Waals surface area contributed by atoms with Crippen LogP contribution in [-0.4, -0.2) is 11.0 Å². The van der Waals surface area contributed by atoms with Crippen molar-refractivity contribution in [3.63, 3.8) is 0 Å². The van der Waals surface area contributed by atoms with E-state index in [0.29, 0.717) is 6.07 Å². The SMILES string of the molecule is CC1(C)CCCC(NCc2cc([N+](=O)[O-])c(F)cc2F)C1. The number of rotatable bonds is 4. The standard InChI is InChI=1S/C15H20F2N2O2/c1-15(2)5-3-4-11(8-15)18-9-10-6-14(19(20)21)13(17)7-12(10)16/h6-7,11,18H,3-5,8-9H2,1-2H3.